The maximum absolute atomic E-state index is 12.2. The third-order valence-corrected chi connectivity index (χ3v) is 3.70. The molecule has 0 spiro atoms. The minimum atomic E-state index is 0.126. The Morgan fingerprint density at radius 1 is 1.25 bits per heavy atom. The van der Waals surface area contributed by atoms with E-state index >= 15 is 0 Å². The Morgan fingerprint density at radius 3 is 2.65 bits per heavy atom. The van der Waals surface area contributed by atoms with Gasteiger partial charge < -0.3 is 14.7 Å². The smallest absolute Gasteiger partial charge is 0.182 e. The standard InChI is InChI=1S/C16H23NO3/c1-3-20-16-11-13(9-10-15(16)19-2)12-17(18)14-7-5-4-6-8-14/h9-12,14H,3-8H2,1-2H3/b17-12-. The van der Waals surface area contributed by atoms with E-state index in [4.69, 9.17) is 9.47 Å². The molecular weight excluding hydrogens is 254 g/mol. The second-order valence-electron chi connectivity index (χ2n) is 5.12. The van der Waals surface area contributed by atoms with Gasteiger partial charge in [-0.05, 0) is 38.0 Å². The van der Waals surface area contributed by atoms with Crippen LogP contribution in [0.2, 0.25) is 0 Å². The molecule has 0 aromatic heterocycles. The summed E-state index contributed by atoms with van der Waals surface area (Å²) in [6.45, 7) is 2.50. The summed E-state index contributed by atoms with van der Waals surface area (Å²) in [5.74, 6) is 1.37. The fraction of sp³-hybridized carbons (Fsp3) is 0.562. The number of nitrogens with zero attached hydrogens (tertiary/aromatic N) is 1. The van der Waals surface area contributed by atoms with Crippen molar-refractivity contribution in [3.8, 4) is 11.5 Å². The SMILES string of the molecule is CCOc1cc(/C=[N+](\[O-])C2CCCCC2)ccc1OC. The Morgan fingerprint density at radius 2 is 2.00 bits per heavy atom. The van der Waals surface area contributed by atoms with Crippen LogP contribution in [0.15, 0.2) is 18.2 Å². The highest BCUT2D eigenvalue weighted by Crippen LogP contribution is 2.27. The molecule has 0 bridgehead atoms. The van der Waals surface area contributed by atoms with E-state index in [1.54, 1.807) is 13.3 Å². The molecule has 0 heterocycles. The topological polar surface area (TPSA) is 44.5 Å². The van der Waals surface area contributed by atoms with Crippen LogP contribution in [0.5, 0.6) is 11.5 Å². The van der Waals surface area contributed by atoms with Gasteiger partial charge in [0.2, 0.25) is 0 Å². The lowest BCUT2D eigenvalue weighted by molar-refractivity contribution is -0.500. The molecule has 0 amide bonds. The molecular formula is C16H23NO3. The molecule has 1 saturated carbocycles. The van der Waals surface area contributed by atoms with Crippen molar-refractivity contribution in [2.45, 2.75) is 45.1 Å². The number of methoxy groups -OCH3 is 1. The molecule has 0 saturated heterocycles. The van der Waals surface area contributed by atoms with Crippen LogP contribution >= 0.6 is 0 Å². The summed E-state index contributed by atoms with van der Waals surface area (Å²) in [6, 6.07) is 5.71. The van der Waals surface area contributed by atoms with Crippen LogP contribution in [0.1, 0.15) is 44.6 Å². The van der Waals surface area contributed by atoms with Crippen molar-refractivity contribution >= 4 is 6.21 Å². The zero-order chi connectivity index (χ0) is 14.4. The van der Waals surface area contributed by atoms with Crippen molar-refractivity contribution in [2.24, 2.45) is 0 Å². The Balaban J connectivity index is 2.17. The number of ether oxygens (including phenoxy) is 2. The van der Waals surface area contributed by atoms with Gasteiger partial charge in [0.15, 0.2) is 23.8 Å². The zero-order valence-corrected chi connectivity index (χ0v) is 12.3. The van der Waals surface area contributed by atoms with Crippen molar-refractivity contribution in [3.63, 3.8) is 0 Å². The van der Waals surface area contributed by atoms with Gasteiger partial charge in [-0.3, -0.25) is 0 Å². The summed E-state index contributed by atoms with van der Waals surface area (Å²) in [7, 11) is 1.61. The van der Waals surface area contributed by atoms with Gasteiger partial charge in [-0.1, -0.05) is 6.42 Å². The van der Waals surface area contributed by atoms with Crippen LogP contribution < -0.4 is 9.47 Å². The van der Waals surface area contributed by atoms with Gasteiger partial charge in [0.05, 0.1) is 13.7 Å². The van der Waals surface area contributed by atoms with Crippen LogP contribution in [0, 0.1) is 5.21 Å². The summed E-state index contributed by atoms with van der Waals surface area (Å²) in [5.41, 5.74) is 0.856. The molecule has 2 rings (SSSR count). The largest absolute Gasteiger partial charge is 0.624 e. The Bertz CT molecular complexity index is 465. The third-order valence-electron chi connectivity index (χ3n) is 3.70. The Labute approximate surface area is 120 Å². The van der Waals surface area contributed by atoms with E-state index in [0.717, 1.165) is 36.0 Å². The molecule has 1 fully saturated rings. The minimum Gasteiger partial charge on any atom is -0.624 e. The first-order valence-corrected chi connectivity index (χ1v) is 7.35. The number of hydroxylamine groups is 1. The maximum Gasteiger partial charge on any atom is 0.182 e. The zero-order valence-electron chi connectivity index (χ0n) is 12.3. The summed E-state index contributed by atoms with van der Waals surface area (Å²) in [4.78, 5) is 0. The molecule has 1 aromatic rings. The second kappa shape index (κ2) is 7.17. The van der Waals surface area contributed by atoms with Gasteiger partial charge in [0.1, 0.15) is 0 Å². The number of hydrogen-bond acceptors (Lipinski definition) is 3. The fourth-order valence-electron chi connectivity index (χ4n) is 2.63. The van der Waals surface area contributed by atoms with Crippen LogP contribution in [0.25, 0.3) is 0 Å². The van der Waals surface area contributed by atoms with Crippen molar-refractivity contribution in [3.05, 3.63) is 29.0 Å². The molecule has 1 aliphatic carbocycles. The summed E-state index contributed by atoms with van der Waals surface area (Å²) < 4.78 is 11.9. The molecule has 1 aliphatic rings. The van der Waals surface area contributed by atoms with E-state index in [2.05, 4.69) is 0 Å². The van der Waals surface area contributed by atoms with Gasteiger partial charge in [-0.2, -0.15) is 0 Å². The molecule has 0 atom stereocenters. The summed E-state index contributed by atoms with van der Waals surface area (Å²) >= 11 is 0. The highest BCUT2D eigenvalue weighted by molar-refractivity contribution is 5.77. The highest BCUT2D eigenvalue weighted by Gasteiger charge is 2.19. The highest BCUT2D eigenvalue weighted by atomic mass is 16.5. The first kappa shape index (κ1) is 14.7. The molecule has 1 aromatic carbocycles. The normalized spacial score (nSPS) is 17.0. The second-order valence-corrected chi connectivity index (χ2v) is 5.12. The molecule has 0 aliphatic heterocycles. The fourth-order valence-corrected chi connectivity index (χ4v) is 2.63. The van der Waals surface area contributed by atoms with Crippen molar-refractivity contribution < 1.29 is 14.2 Å². The lowest BCUT2D eigenvalue weighted by Crippen LogP contribution is -2.25. The molecule has 0 N–H and O–H groups in total. The number of rotatable bonds is 5. The molecule has 0 radical (unpaired) electrons. The average molecular weight is 277 g/mol. The van der Waals surface area contributed by atoms with Crippen LogP contribution in [-0.2, 0) is 0 Å². The van der Waals surface area contributed by atoms with E-state index < -0.39 is 0 Å². The first-order chi connectivity index (χ1) is 9.74. The lowest BCUT2D eigenvalue weighted by atomic mass is 9.96. The molecule has 0 unspecified atom stereocenters. The number of benzene rings is 1. The van der Waals surface area contributed by atoms with E-state index in [1.165, 1.54) is 6.42 Å². The quantitative estimate of drug-likeness (QED) is 0.359. The van der Waals surface area contributed by atoms with E-state index in [9.17, 15) is 5.21 Å². The van der Waals surface area contributed by atoms with E-state index in [0.29, 0.717) is 18.1 Å². The van der Waals surface area contributed by atoms with Crippen molar-refractivity contribution in [1.29, 1.82) is 0 Å². The number of hydrogen-bond donors (Lipinski definition) is 0. The van der Waals surface area contributed by atoms with Crippen molar-refractivity contribution in [1.82, 2.24) is 0 Å². The van der Waals surface area contributed by atoms with Crippen LogP contribution in [0.3, 0.4) is 0 Å². The first-order valence-electron chi connectivity index (χ1n) is 7.35. The minimum absolute atomic E-state index is 0.126. The average Bonchev–Trinajstić information content (AvgIpc) is 2.49. The molecule has 4 nitrogen and oxygen atoms in total. The van der Waals surface area contributed by atoms with Gasteiger partial charge in [-0.15, -0.1) is 0 Å². The summed E-state index contributed by atoms with van der Waals surface area (Å²) in [6.07, 6.45) is 7.22. The van der Waals surface area contributed by atoms with Gasteiger partial charge in [0.25, 0.3) is 0 Å². The summed E-state index contributed by atoms with van der Waals surface area (Å²) in [5, 5.41) is 12.2. The third kappa shape index (κ3) is 3.65. The van der Waals surface area contributed by atoms with Crippen LogP contribution in [0.4, 0.5) is 0 Å². The molecule has 110 valence electrons. The predicted molar refractivity (Wildman–Crippen MR) is 79.8 cm³/mol. The van der Waals surface area contributed by atoms with Crippen molar-refractivity contribution in [2.75, 3.05) is 13.7 Å². The molecule has 4 heteroatoms. The maximum atomic E-state index is 12.2. The Hall–Kier alpha value is -1.71. The van der Waals surface area contributed by atoms with Gasteiger partial charge >= 0.3 is 0 Å². The van der Waals surface area contributed by atoms with Gasteiger partial charge in [0, 0.05) is 18.4 Å². The van der Waals surface area contributed by atoms with E-state index in [-0.39, 0.29) is 6.04 Å². The van der Waals surface area contributed by atoms with Gasteiger partial charge in [-0.25, -0.2) is 4.74 Å². The molecule has 20 heavy (non-hydrogen) atoms. The monoisotopic (exact) mass is 277 g/mol. The van der Waals surface area contributed by atoms with E-state index in [1.807, 2.05) is 25.1 Å². The predicted octanol–water partition coefficient (Wildman–Crippen LogP) is 3.36. The van der Waals surface area contributed by atoms with Crippen LogP contribution in [-0.4, -0.2) is 30.7 Å². The lowest BCUT2D eigenvalue weighted by Gasteiger charge is -2.20. The Kier molecular flexibility index (Phi) is 5.27.